The number of carbonyl (C=O) groups is 3. The molecule has 4 aliphatic carbocycles. The maximum atomic E-state index is 12.1. The molecule has 0 radical (unpaired) electrons. The normalized spacial score (nSPS) is 37.9. The number of hydrogen-bond acceptors (Lipinski definition) is 6. The van der Waals surface area contributed by atoms with Gasteiger partial charge in [0.05, 0.1) is 11.8 Å². The maximum Gasteiger partial charge on any atom is 0.326 e. The molecule has 0 aromatic rings. The number of fused-ring (bicyclic) bond motifs is 5. The van der Waals surface area contributed by atoms with Gasteiger partial charge in [0.2, 0.25) is 0 Å². The quantitative estimate of drug-likeness (QED) is 0.382. The smallest absolute Gasteiger partial charge is 0.326 e. The van der Waals surface area contributed by atoms with Crippen LogP contribution in [-0.2, 0) is 19.2 Å². The highest BCUT2D eigenvalue weighted by molar-refractivity contribution is 5.96. The second-order valence-electron chi connectivity index (χ2n) is 11.4. The summed E-state index contributed by atoms with van der Waals surface area (Å²) in [4.78, 5) is 39.2. The minimum absolute atomic E-state index is 0.0711. The van der Waals surface area contributed by atoms with E-state index in [1.807, 2.05) is 0 Å². The standard InChI is InChI=1S/C26H38N2O7/c1-25-11-9-16(28-35-14-22(30)27-20(24(33)34)6-8-23(31)32)13-15(25)3-4-17-18-5-7-21(29)26(18,2)12-10-19(17)25/h13,17-21,29H,3-12,14H2,1-2H3,(H,27,30)(H,31,32)(H,33,34)/b28-16+/t17-,18+,19+,20+,21+,25+,26+/m1/s1. The average molecular weight is 491 g/mol. The molecule has 0 saturated heterocycles. The van der Waals surface area contributed by atoms with Crippen LogP contribution in [0.15, 0.2) is 16.8 Å². The highest BCUT2D eigenvalue weighted by Gasteiger charge is 2.58. The first kappa shape index (κ1) is 25.7. The summed E-state index contributed by atoms with van der Waals surface area (Å²) >= 11 is 0. The molecule has 0 unspecified atom stereocenters. The van der Waals surface area contributed by atoms with Gasteiger partial charge in [-0.05, 0) is 92.4 Å². The molecule has 0 aromatic carbocycles. The number of oxime groups is 1. The van der Waals surface area contributed by atoms with Crippen LogP contribution in [0.3, 0.4) is 0 Å². The summed E-state index contributed by atoms with van der Waals surface area (Å²) in [5, 5.41) is 35.0. The third kappa shape index (κ3) is 4.97. The highest BCUT2D eigenvalue weighted by Crippen LogP contribution is 2.65. The summed E-state index contributed by atoms with van der Waals surface area (Å²) in [6.07, 6.45) is 9.61. The van der Waals surface area contributed by atoms with Gasteiger partial charge in [-0.25, -0.2) is 4.79 Å². The van der Waals surface area contributed by atoms with E-state index in [0.29, 0.717) is 17.8 Å². The van der Waals surface area contributed by atoms with Crippen molar-refractivity contribution in [1.82, 2.24) is 5.32 Å². The molecule has 194 valence electrons. The lowest BCUT2D eigenvalue weighted by Crippen LogP contribution is -2.51. The van der Waals surface area contributed by atoms with Crippen LogP contribution in [-0.4, -0.2) is 57.6 Å². The zero-order valence-electron chi connectivity index (χ0n) is 20.7. The second-order valence-corrected chi connectivity index (χ2v) is 11.4. The van der Waals surface area contributed by atoms with Crippen LogP contribution in [0, 0.1) is 28.6 Å². The molecule has 0 aromatic heterocycles. The summed E-state index contributed by atoms with van der Waals surface area (Å²) in [5.41, 5.74) is 2.40. The van der Waals surface area contributed by atoms with Crippen molar-refractivity contribution in [2.45, 2.75) is 90.2 Å². The van der Waals surface area contributed by atoms with Gasteiger partial charge in [-0.2, -0.15) is 0 Å². The number of carboxylic acid groups (broad SMARTS) is 2. The van der Waals surface area contributed by atoms with Crippen molar-refractivity contribution in [3.05, 3.63) is 11.6 Å². The number of rotatable bonds is 8. The predicted molar refractivity (Wildman–Crippen MR) is 128 cm³/mol. The molecule has 9 heteroatoms. The van der Waals surface area contributed by atoms with Crippen molar-refractivity contribution in [3.63, 3.8) is 0 Å². The van der Waals surface area contributed by atoms with Gasteiger partial charge in [0, 0.05) is 6.42 Å². The van der Waals surface area contributed by atoms with Gasteiger partial charge in [0.15, 0.2) is 6.61 Å². The van der Waals surface area contributed by atoms with Crippen LogP contribution in [0.25, 0.3) is 0 Å². The molecule has 0 aliphatic heterocycles. The fourth-order valence-electron chi connectivity index (χ4n) is 7.55. The van der Waals surface area contributed by atoms with Gasteiger partial charge >= 0.3 is 11.9 Å². The minimum Gasteiger partial charge on any atom is -0.481 e. The number of carbonyl (C=O) groups excluding carboxylic acids is 1. The highest BCUT2D eigenvalue weighted by atomic mass is 16.6. The third-order valence-corrected chi connectivity index (χ3v) is 9.58. The van der Waals surface area contributed by atoms with E-state index in [9.17, 15) is 19.5 Å². The van der Waals surface area contributed by atoms with Crippen LogP contribution in [0.5, 0.6) is 0 Å². The first-order chi connectivity index (χ1) is 16.5. The Hall–Kier alpha value is -2.42. The lowest BCUT2D eigenvalue weighted by molar-refractivity contribution is -0.143. The number of nitrogens with one attached hydrogen (secondary N) is 1. The van der Waals surface area contributed by atoms with E-state index in [1.165, 1.54) is 5.57 Å². The fraction of sp³-hybridized carbons (Fsp3) is 0.769. The molecule has 4 N–H and O–H groups in total. The monoisotopic (exact) mass is 490 g/mol. The summed E-state index contributed by atoms with van der Waals surface area (Å²) in [6, 6.07) is -1.28. The zero-order valence-corrected chi connectivity index (χ0v) is 20.7. The Labute approximate surface area is 206 Å². The van der Waals surface area contributed by atoms with Crippen LogP contribution in [0.4, 0.5) is 0 Å². The van der Waals surface area contributed by atoms with Crippen LogP contribution in [0.2, 0.25) is 0 Å². The lowest BCUT2D eigenvalue weighted by Gasteiger charge is -2.57. The molecule has 0 bridgehead atoms. The first-order valence-corrected chi connectivity index (χ1v) is 12.9. The molecule has 4 aliphatic rings. The third-order valence-electron chi connectivity index (χ3n) is 9.58. The van der Waals surface area contributed by atoms with Crippen LogP contribution < -0.4 is 5.32 Å². The molecule has 9 nitrogen and oxygen atoms in total. The van der Waals surface area contributed by atoms with Crippen LogP contribution >= 0.6 is 0 Å². The Kier molecular flexibility index (Phi) is 7.27. The van der Waals surface area contributed by atoms with E-state index in [0.717, 1.165) is 57.1 Å². The summed E-state index contributed by atoms with van der Waals surface area (Å²) < 4.78 is 0. The van der Waals surface area contributed by atoms with Crippen molar-refractivity contribution >= 4 is 23.6 Å². The Bertz CT molecular complexity index is 931. The number of hydrogen-bond donors (Lipinski definition) is 4. The van der Waals surface area contributed by atoms with Gasteiger partial charge in [-0.15, -0.1) is 0 Å². The van der Waals surface area contributed by atoms with Gasteiger partial charge in [-0.3, -0.25) is 9.59 Å². The average Bonchev–Trinajstić information content (AvgIpc) is 3.11. The SMILES string of the molecule is C[C@]12CC[C@H]3[C@H](CCC4=C/C(=N/OCC(=O)N[C@@H](CCC(=O)O)C(=O)O)CC[C@@]43C)[C@@H]1CC[C@@H]2O. The number of carboxylic acids is 2. The van der Waals surface area contributed by atoms with Crippen molar-refractivity contribution in [1.29, 1.82) is 0 Å². The molecular weight excluding hydrogens is 452 g/mol. The van der Waals surface area contributed by atoms with E-state index in [-0.39, 0.29) is 29.8 Å². The molecule has 3 fully saturated rings. The van der Waals surface area contributed by atoms with E-state index in [1.54, 1.807) is 0 Å². The Balaban J connectivity index is 1.35. The number of nitrogens with zero attached hydrogens (tertiary/aromatic N) is 1. The predicted octanol–water partition coefficient (Wildman–Crippen LogP) is 3.12. The summed E-state index contributed by atoms with van der Waals surface area (Å²) in [6.45, 7) is 4.26. The number of amides is 1. The van der Waals surface area contributed by atoms with Crippen molar-refractivity contribution in [3.8, 4) is 0 Å². The van der Waals surface area contributed by atoms with Gasteiger partial charge in [-0.1, -0.05) is 24.6 Å². The molecule has 0 heterocycles. The first-order valence-electron chi connectivity index (χ1n) is 12.9. The Morgan fingerprint density at radius 1 is 1.11 bits per heavy atom. The molecular formula is C26H38N2O7. The fourth-order valence-corrected chi connectivity index (χ4v) is 7.55. The number of aliphatic hydroxyl groups excluding tert-OH is 1. The van der Waals surface area contributed by atoms with E-state index in [2.05, 4.69) is 30.4 Å². The maximum absolute atomic E-state index is 12.1. The molecule has 4 rings (SSSR count). The van der Waals surface area contributed by atoms with Crippen molar-refractivity contribution in [2.24, 2.45) is 33.7 Å². The summed E-state index contributed by atoms with van der Waals surface area (Å²) in [5.74, 6) is -1.16. The molecule has 1 amide bonds. The van der Waals surface area contributed by atoms with Crippen molar-refractivity contribution in [2.75, 3.05) is 6.61 Å². The largest absolute Gasteiger partial charge is 0.481 e. The molecule has 3 saturated carbocycles. The van der Waals surface area contributed by atoms with Crippen molar-refractivity contribution < 1.29 is 34.5 Å². The topological polar surface area (TPSA) is 146 Å². The van der Waals surface area contributed by atoms with E-state index >= 15 is 0 Å². The van der Waals surface area contributed by atoms with E-state index < -0.39 is 30.5 Å². The van der Waals surface area contributed by atoms with Gasteiger partial charge in [0.1, 0.15) is 6.04 Å². The Morgan fingerprint density at radius 2 is 1.89 bits per heavy atom. The molecule has 7 atom stereocenters. The lowest BCUT2D eigenvalue weighted by atomic mass is 9.47. The Morgan fingerprint density at radius 3 is 2.60 bits per heavy atom. The number of aliphatic carboxylic acids is 2. The van der Waals surface area contributed by atoms with Crippen LogP contribution in [0.1, 0.15) is 78.1 Å². The number of allylic oxidation sites excluding steroid dienone is 2. The van der Waals surface area contributed by atoms with E-state index in [4.69, 9.17) is 15.1 Å². The summed E-state index contributed by atoms with van der Waals surface area (Å²) in [7, 11) is 0. The zero-order chi connectivity index (χ0) is 25.4. The molecule has 0 spiro atoms. The number of aliphatic hydroxyl groups is 1. The minimum atomic E-state index is -1.28. The second kappa shape index (κ2) is 9.91. The van der Waals surface area contributed by atoms with Gasteiger partial charge in [0.25, 0.3) is 5.91 Å². The molecule has 35 heavy (non-hydrogen) atoms. The van der Waals surface area contributed by atoms with Gasteiger partial charge < -0.3 is 25.5 Å².